The fourth-order valence-electron chi connectivity index (χ4n) is 3.61. The molecule has 2 aromatic rings. The second kappa shape index (κ2) is 6.25. The number of ether oxygens (including phenoxy) is 1. The molecule has 0 atom stereocenters. The van der Waals surface area contributed by atoms with Crippen LogP contribution in [0.2, 0.25) is 0 Å². The van der Waals surface area contributed by atoms with E-state index >= 15 is 0 Å². The molecule has 4 nitrogen and oxygen atoms in total. The number of aromatic nitrogens is 2. The Morgan fingerprint density at radius 3 is 2.83 bits per heavy atom. The molecule has 23 heavy (non-hydrogen) atoms. The van der Waals surface area contributed by atoms with Gasteiger partial charge < -0.3 is 14.6 Å². The van der Waals surface area contributed by atoms with E-state index in [0.29, 0.717) is 0 Å². The first kappa shape index (κ1) is 15.2. The predicted molar refractivity (Wildman–Crippen MR) is 92.8 cm³/mol. The van der Waals surface area contributed by atoms with Gasteiger partial charge in [-0.2, -0.15) is 0 Å². The van der Waals surface area contributed by atoms with Crippen molar-refractivity contribution in [1.29, 1.82) is 0 Å². The average molecular weight is 313 g/mol. The lowest BCUT2D eigenvalue weighted by Crippen LogP contribution is -2.16. The molecule has 2 aliphatic rings. The Morgan fingerprint density at radius 1 is 1.30 bits per heavy atom. The van der Waals surface area contributed by atoms with Crippen LogP contribution in [0.5, 0.6) is 0 Å². The molecule has 0 spiro atoms. The van der Waals surface area contributed by atoms with Crippen LogP contribution in [-0.4, -0.2) is 29.3 Å². The highest BCUT2D eigenvalue weighted by atomic mass is 16.5. The lowest BCUT2D eigenvalue weighted by atomic mass is 10.0. The zero-order valence-corrected chi connectivity index (χ0v) is 14.3. The van der Waals surface area contributed by atoms with Crippen LogP contribution in [0.25, 0.3) is 11.0 Å². The Balaban J connectivity index is 1.74. The van der Waals surface area contributed by atoms with Crippen molar-refractivity contribution < 1.29 is 4.74 Å². The van der Waals surface area contributed by atoms with Crippen molar-refractivity contribution in [3.63, 3.8) is 0 Å². The molecule has 0 bridgehead atoms. The maximum atomic E-state index is 5.24. The summed E-state index contributed by atoms with van der Waals surface area (Å²) >= 11 is 0. The Hall–Kier alpha value is -1.39. The zero-order valence-electron chi connectivity index (χ0n) is 14.3. The fourth-order valence-corrected chi connectivity index (χ4v) is 3.61. The topological polar surface area (TPSA) is 39.1 Å². The van der Waals surface area contributed by atoms with Gasteiger partial charge in [-0.1, -0.05) is 0 Å². The van der Waals surface area contributed by atoms with Gasteiger partial charge in [-0.25, -0.2) is 4.98 Å². The molecular weight excluding hydrogens is 286 g/mol. The van der Waals surface area contributed by atoms with Gasteiger partial charge in [0.25, 0.3) is 0 Å². The normalized spacial score (nSPS) is 18.0. The van der Waals surface area contributed by atoms with Gasteiger partial charge in [0.2, 0.25) is 0 Å². The van der Waals surface area contributed by atoms with E-state index in [-0.39, 0.29) is 0 Å². The van der Waals surface area contributed by atoms with Crippen LogP contribution in [0.15, 0.2) is 12.3 Å². The maximum Gasteiger partial charge on any atom is 0.140 e. The van der Waals surface area contributed by atoms with E-state index in [1.165, 1.54) is 53.5 Å². The summed E-state index contributed by atoms with van der Waals surface area (Å²) in [6, 6.07) is 2.99. The minimum Gasteiger partial charge on any atom is -0.385 e. The number of aryl methyl sites for hydroxylation is 1. The lowest BCUT2D eigenvalue weighted by molar-refractivity contribution is 0.190. The van der Waals surface area contributed by atoms with Gasteiger partial charge in [-0.3, -0.25) is 0 Å². The molecule has 0 amide bonds. The van der Waals surface area contributed by atoms with Crippen LogP contribution < -0.4 is 5.32 Å². The molecule has 0 aromatic carbocycles. The largest absolute Gasteiger partial charge is 0.385 e. The van der Waals surface area contributed by atoms with Gasteiger partial charge in [-0.05, 0) is 62.1 Å². The average Bonchev–Trinajstić information content (AvgIpc) is 3.46. The molecule has 1 N–H and O–H groups in total. The van der Waals surface area contributed by atoms with E-state index in [4.69, 9.17) is 9.72 Å². The summed E-state index contributed by atoms with van der Waals surface area (Å²) in [6.07, 6.45) is 8.37. The van der Waals surface area contributed by atoms with Gasteiger partial charge in [0.05, 0.1) is 0 Å². The van der Waals surface area contributed by atoms with E-state index in [1.54, 1.807) is 7.11 Å². The molecule has 0 unspecified atom stereocenters. The Bertz CT molecular complexity index is 698. The molecule has 2 aliphatic carbocycles. The molecule has 4 rings (SSSR count). The Morgan fingerprint density at radius 2 is 2.13 bits per heavy atom. The predicted octanol–water partition coefficient (Wildman–Crippen LogP) is 3.51. The molecule has 0 aliphatic heterocycles. The fraction of sp³-hybridized carbons (Fsp3) is 0.632. The quantitative estimate of drug-likeness (QED) is 0.758. The number of nitrogens with zero attached hydrogens (tertiary/aromatic N) is 2. The molecule has 0 radical (unpaired) electrons. The highest BCUT2D eigenvalue weighted by Crippen LogP contribution is 2.44. The zero-order chi connectivity index (χ0) is 15.8. The van der Waals surface area contributed by atoms with Crippen LogP contribution in [-0.2, 0) is 17.8 Å². The van der Waals surface area contributed by atoms with Gasteiger partial charge in [-0.15, -0.1) is 0 Å². The standard InChI is InChI=1S/C19H27N3O/c1-13-17(12-21-15-6-7-15)18-16(14-4-5-14)8-9-20-19(18)22(13)10-3-11-23-2/h8-9,14-15,21H,3-7,10-12H2,1-2H3. The third-order valence-corrected chi connectivity index (χ3v) is 5.25. The van der Waals surface area contributed by atoms with Crippen molar-refractivity contribution in [2.45, 2.75) is 64.1 Å². The smallest absolute Gasteiger partial charge is 0.140 e. The monoisotopic (exact) mass is 313 g/mol. The first-order chi connectivity index (χ1) is 11.3. The highest BCUT2D eigenvalue weighted by Gasteiger charge is 2.29. The van der Waals surface area contributed by atoms with Crippen molar-refractivity contribution >= 4 is 11.0 Å². The molecular formula is C19H27N3O. The van der Waals surface area contributed by atoms with E-state index < -0.39 is 0 Å². The SMILES string of the molecule is COCCCn1c(C)c(CNC2CC2)c2c(C3CC3)ccnc21. The lowest BCUT2D eigenvalue weighted by Gasteiger charge is -2.08. The van der Waals surface area contributed by atoms with Crippen LogP contribution in [0.3, 0.4) is 0 Å². The van der Waals surface area contributed by atoms with Gasteiger partial charge >= 0.3 is 0 Å². The number of methoxy groups -OCH3 is 1. The minimum atomic E-state index is 0.738. The summed E-state index contributed by atoms with van der Waals surface area (Å²) in [7, 11) is 1.77. The van der Waals surface area contributed by atoms with Crippen molar-refractivity contribution in [3.8, 4) is 0 Å². The number of nitrogens with one attached hydrogen (secondary N) is 1. The van der Waals surface area contributed by atoms with Crippen molar-refractivity contribution in [3.05, 3.63) is 29.1 Å². The van der Waals surface area contributed by atoms with Crippen LogP contribution in [0.4, 0.5) is 0 Å². The van der Waals surface area contributed by atoms with E-state index in [9.17, 15) is 0 Å². The van der Waals surface area contributed by atoms with E-state index in [0.717, 1.165) is 38.1 Å². The number of hydrogen-bond acceptors (Lipinski definition) is 3. The van der Waals surface area contributed by atoms with Crippen LogP contribution >= 0.6 is 0 Å². The minimum absolute atomic E-state index is 0.738. The summed E-state index contributed by atoms with van der Waals surface area (Å²) in [5.41, 5.74) is 5.55. The second-order valence-electron chi connectivity index (χ2n) is 7.09. The summed E-state index contributed by atoms with van der Waals surface area (Å²) in [6.45, 7) is 5.03. The summed E-state index contributed by atoms with van der Waals surface area (Å²) in [5, 5.41) is 5.14. The molecule has 2 fully saturated rings. The highest BCUT2D eigenvalue weighted by molar-refractivity contribution is 5.86. The molecule has 2 aromatic heterocycles. The van der Waals surface area contributed by atoms with E-state index in [1.807, 2.05) is 6.20 Å². The third kappa shape index (κ3) is 3.02. The molecule has 124 valence electrons. The van der Waals surface area contributed by atoms with E-state index in [2.05, 4.69) is 22.9 Å². The number of fused-ring (bicyclic) bond motifs is 1. The molecule has 0 saturated heterocycles. The first-order valence-corrected chi connectivity index (χ1v) is 8.98. The van der Waals surface area contributed by atoms with Gasteiger partial charge in [0.1, 0.15) is 5.65 Å². The van der Waals surface area contributed by atoms with Gasteiger partial charge in [0, 0.05) is 50.1 Å². The molecule has 2 saturated carbocycles. The second-order valence-corrected chi connectivity index (χ2v) is 7.09. The Kier molecular flexibility index (Phi) is 4.12. The summed E-state index contributed by atoms with van der Waals surface area (Å²) in [5.74, 6) is 0.759. The van der Waals surface area contributed by atoms with Crippen molar-refractivity contribution in [2.75, 3.05) is 13.7 Å². The van der Waals surface area contributed by atoms with Crippen molar-refractivity contribution in [1.82, 2.24) is 14.9 Å². The number of pyridine rings is 1. The van der Waals surface area contributed by atoms with Gasteiger partial charge in [0.15, 0.2) is 0 Å². The van der Waals surface area contributed by atoms with Crippen LogP contribution in [0.1, 0.15) is 54.8 Å². The maximum absolute atomic E-state index is 5.24. The van der Waals surface area contributed by atoms with Crippen LogP contribution in [0, 0.1) is 6.92 Å². The third-order valence-electron chi connectivity index (χ3n) is 5.25. The summed E-state index contributed by atoms with van der Waals surface area (Å²) in [4.78, 5) is 4.75. The van der Waals surface area contributed by atoms with Crippen molar-refractivity contribution in [2.24, 2.45) is 0 Å². The molecule has 4 heteroatoms. The number of hydrogen-bond donors (Lipinski definition) is 1. The summed E-state index contributed by atoms with van der Waals surface area (Å²) < 4.78 is 7.64. The number of rotatable bonds is 8. The first-order valence-electron chi connectivity index (χ1n) is 8.98. The Labute approximate surface area is 138 Å². The molecule has 2 heterocycles.